The van der Waals surface area contributed by atoms with Gasteiger partial charge >= 0.3 is 0 Å². The molecule has 1 N–H and O–H groups in total. The van der Waals surface area contributed by atoms with Crippen molar-refractivity contribution in [3.8, 4) is 11.4 Å². The van der Waals surface area contributed by atoms with Gasteiger partial charge in [-0.3, -0.25) is 0 Å². The standard InChI is InChI=1S/C18H18ClN3O3S2/c19-15-8-4-3-7-13(15)10-20-27(23,24)16-9-14(11-26-16)17-21-18(25-22-17)12-5-1-2-6-12/h3-4,7-9,11-12,20H,1-2,5-6,10H2. The van der Waals surface area contributed by atoms with Crippen molar-refractivity contribution >= 4 is 33.0 Å². The molecular formula is C18H18ClN3O3S2. The van der Waals surface area contributed by atoms with Crippen molar-refractivity contribution in [3.05, 3.63) is 52.2 Å². The fourth-order valence-electron chi connectivity index (χ4n) is 3.15. The molecule has 1 aliphatic carbocycles. The van der Waals surface area contributed by atoms with Gasteiger partial charge in [0.05, 0.1) is 0 Å². The van der Waals surface area contributed by atoms with E-state index in [9.17, 15) is 8.42 Å². The number of hydrogen-bond donors (Lipinski definition) is 1. The van der Waals surface area contributed by atoms with Crippen LogP contribution in [-0.2, 0) is 16.6 Å². The summed E-state index contributed by atoms with van der Waals surface area (Å²) in [6, 6.07) is 8.71. The summed E-state index contributed by atoms with van der Waals surface area (Å²) in [5, 5.41) is 6.28. The van der Waals surface area contributed by atoms with Crippen molar-refractivity contribution in [1.29, 1.82) is 0 Å². The van der Waals surface area contributed by atoms with Gasteiger partial charge in [-0.1, -0.05) is 47.8 Å². The Morgan fingerprint density at radius 3 is 2.81 bits per heavy atom. The first kappa shape index (κ1) is 18.6. The van der Waals surface area contributed by atoms with Crippen LogP contribution in [0.15, 0.2) is 44.4 Å². The molecule has 2 heterocycles. The minimum atomic E-state index is -3.65. The van der Waals surface area contributed by atoms with Crippen molar-refractivity contribution in [2.24, 2.45) is 0 Å². The third-order valence-corrected chi connectivity index (χ3v) is 7.86. The van der Waals surface area contributed by atoms with Crippen molar-refractivity contribution in [2.45, 2.75) is 42.4 Å². The van der Waals surface area contributed by atoms with E-state index in [1.807, 2.05) is 6.07 Å². The number of thiophene rings is 1. The summed E-state index contributed by atoms with van der Waals surface area (Å²) in [5.74, 6) is 1.40. The van der Waals surface area contributed by atoms with E-state index in [-0.39, 0.29) is 10.8 Å². The minimum Gasteiger partial charge on any atom is -0.339 e. The molecule has 1 aliphatic rings. The zero-order valence-electron chi connectivity index (χ0n) is 14.4. The van der Waals surface area contributed by atoms with Gasteiger partial charge in [0.25, 0.3) is 0 Å². The molecule has 0 spiro atoms. The molecule has 1 aromatic carbocycles. The lowest BCUT2D eigenvalue weighted by atomic mass is 10.1. The normalized spacial score (nSPS) is 15.4. The zero-order valence-corrected chi connectivity index (χ0v) is 16.8. The van der Waals surface area contributed by atoms with Gasteiger partial charge in [0, 0.05) is 28.4 Å². The van der Waals surface area contributed by atoms with Crippen molar-refractivity contribution in [3.63, 3.8) is 0 Å². The van der Waals surface area contributed by atoms with Crippen LogP contribution >= 0.6 is 22.9 Å². The topological polar surface area (TPSA) is 85.1 Å². The Balaban J connectivity index is 1.49. The van der Waals surface area contributed by atoms with Crippen molar-refractivity contribution in [2.75, 3.05) is 0 Å². The van der Waals surface area contributed by atoms with Gasteiger partial charge in [0.1, 0.15) is 4.21 Å². The summed E-state index contributed by atoms with van der Waals surface area (Å²) in [6.45, 7) is 0.128. The highest BCUT2D eigenvalue weighted by Gasteiger charge is 2.24. The molecule has 0 amide bonds. The van der Waals surface area contributed by atoms with Gasteiger partial charge in [0.15, 0.2) is 0 Å². The molecule has 0 bridgehead atoms. The molecule has 4 rings (SSSR count). The Morgan fingerprint density at radius 1 is 1.26 bits per heavy atom. The zero-order chi connectivity index (χ0) is 18.9. The first-order chi connectivity index (χ1) is 13.0. The third kappa shape index (κ3) is 4.08. The summed E-state index contributed by atoms with van der Waals surface area (Å²) in [7, 11) is -3.65. The highest BCUT2D eigenvalue weighted by molar-refractivity contribution is 7.91. The predicted octanol–water partition coefficient (Wildman–Crippen LogP) is 4.59. The van der Waals surface area contributed by atoms with Gasteiger partial charge < -0.3 is 4.52 Å². The smallest absolute Gasteiger partial charge is 0.250 e. The van der Waals surface area contributed by atoms with E-state index in [2.05, 4.69) is 14.9 Å². The molecule has 2 aromatic heterocycles. The lowest BCUT2D eigenvalue weighted by molar-refractivity contribution is 0.354. The van der Waals surface area contributed by atoms with Gasteiger partial charge in [-0.05, 0) is 30.5 Å². The van der Waals surface area contributed by atoms with Crippen LogP contribution in [0.2, 0.25) is 5.02 Å². The molecule has 0 saturated heterocycles. The molecule has 142 valence electrons. The average Bonchev–Trinajstić information content (AvgIpc) is 3.41. The Morgan fingerprint density at radius 2 is 2.04 bits per heavy atom. The summed E-state index contributed by atoms with van der Waals surface area (Å²) in [5.41, 5.74) is 1.37. The second-order valence-corrected chi connectivity index (χ2v) is 9.82. The number of rotatable bonds is 6. The fourth-order valence-corrected chi connectivity index (χ4v) is 5.56. The van der Waals surface area contributed by atoms with Gasteiger partial charge in [-0.15, -0.1) is 11.3 Å². The molecule has 3 aromatic rings. The molecule has 27 heavy (non-hydrogen) atoms. The first-order valence-electron chi connectivity index (χ1n) is 8.68. The van der Waals surface area contributed by atoms with E-state index in [1.54, 1.807) is 29.6 Å². The first-order valence-corrected chi connectivity index (χ1v) is 11.4. The predicted molar refractivity (Wildman–Crippen MR) is 104 cm³/mol. The number of aromatic nitrogens is 2. The van der Waals surface area contributed by atoms with E-state index in [4.69, 9.17) is 16.1 Å². The third-order valence-electron chi connectivity index (χ3n) is 4.66. The molecule has 0 unspecified atom stereocenters. The lowest BCUT2D eigenvalue weighted by Crippen LogP contribution is -2.22. The molecule has 1 saturated carbocycles. The summed E-state index contributed by atoms with van der Waals surface area (Å²) < 4.78 is 33.3. The maximum absolute atomic E-state index is 12.6. The molecule has 0 atom stereocenters. The van der Waals surface area contributed by atoms with E-state index >= 15 is 0 Å². The molecule has 6 nitrogen and oxygen atoms in total. The monoisotopic (exact) mass is 423 g/mol. The van der Waals surface area contributed by atoms with Crippen LogP contribution in [0.1, 0.15) is 43.1 Å². The summed E-state index contributed by atoms with van der Waals surface area (Å²) in [4.78, 5) is 4.46. The second-order valence-electron chi connectivity index (χ2n) is 6.51. The fraction of sp³-hybridized carbons (Fsp3) is 0.333. The van der Waals surface area contributed by atoms with Gasteiger partial charge in [0.2, 0.25) is 21.7 Å². The summed E-state index contributed by atoms with van der Waals surface area (Å²) >= 11 is 7.21. The number of nitrogens with one attached hydrogen (secondary N) is 1. The highest BCUT2D eigenvalue weighted by atomic mass is 35.5. The molecule has 0 radical (unpaired) electrons. The minimum absolute atomic E-state index is 0.128. The number of hydrogen-bond acceptors (Lipinski definition) is 6. The van der Waals surface area contributed by atoms with Crippen LogP contribution in [-0.4, -0.2) is 18.6 Å². The van der Waals surface area contributed by atoms with Crippen LogP contribution < -0.4 is 4.72 Å². The molecule has 0 aliphatic heterocycles. The van der Waals surface area contributed by atoms with Crippen molar-refractivity contribution in [1.82, 2.24) is 14.9 Å². The number of sulfonamides is 1. The summed E-state index contributed by atoms with van der Waals surface area (Å²) in [6.07, 6.45) is 4.49. The second kappa shape index (κ2) is 7.71. The Labute approximate surface area is 166 Å². The van der Waals surface area contributed by atoms with Crippen LogP contribution in [0.5, 0.6) is 0 Å². The van der Waals surface area contributed by atoms with E-state index < -0.39 is 10.0 Å². The van der Waals surface area contributed by atoms with E-state index in [0.717, 1.165) is 29.7 Å². The quantitative estimate of drug-likeness (QED) is 0.626. The van der Waals surface area contributed by atoms with Crippen LogP contribution in [0, 0.1) is 0 Å². The average molecular weight is 424 g/mol. The van der Waals surface area contributed by atoms with Gasteiger partial charge in [-0.2, -0.15) is 4.98 Å². The van der Waals surface area contributed by atoms with Crippen molar-refractivity contribution < 1.29 is 12.9 Å². The molecular weight excluding hydrogens is 406 g/mol. The molecule has 1 fully saturated rings. The highest BCUT2D eigenvalue weighted by Crippen LogP contribution is 2.34. The maximum atomic E-state index is 12.6. The Bertz CT molecular complexity index is 1040. The van der Waals surface area contributed by atoms with Crippen LogP contribution in [0.25, 0.3) is 11.4 Å². The van der Waals surface area contributed by atoms with Crippen LogP contribution in [0.3, 0.4) is 0 Å². The largest absolute Gasteiger partial charge is 0.339 e. The molecule has 9 heteroatoms. The van der Waals surface area contributed by atoms with Gasteiger partial charge in [-0.25, -0.2) is 13.1 Å². The SMILES string of the molecule is O=S(=O)(NCc1ccccc1Cl)c1cc(-c2noc(C3CCCC3)n2)cs1. The Kier molecular flexibility index (Phi) is 5.32. The Hall–Kier alpha value is -1.74. The number of benzene rings is 1. The number of halogens is 1. The lowest BCUT2D eigenvalue weighted by Gasteiger charge is -2.06. The maximum Gasteiger partial charge on any atom is 0.250 e. The van der Waals surface area contributed by atoms with Crippen LogP contribution in [0.4, 0.5) is 0 Å². The van der Waals surface area contributed by atoms with E-state index in [1.165, 1.54) is 12.8 Å². The van der Waals surface area contributed by atoms with E-state index in [0.29, 0.717) is 28.2 Å². The number of nitrogens with zero attached hydrogens (tertiary/aromatic N) is 2.